The SMILES string of the molecule is O=C(Cn1ncc(N2CCCCC2)cc1=O)NCCNc1cccnc1. The number of hydrogen-bond donors (Lipinski definition) is 2. The van der Waals surface area contributed by atoms with Crippen molar-refractivity contribution in [1.29, 1.82) is 0 Å². The van der Waals surface area contributed by atoms with E-state index >= 15 is 0 Å². The Morgan fingerprint density at radius 2 is 2.00 bits per heavy atom. The molecule has 2 N–H and O–H groups in total. The van der Waals surface area contributed by atoms with Crippen LogP contribution in [0.4, 0.5) is 11.4 Å². The van der Waals surface area contributed by atoms with E-state index in [9.17, 15) is 9.59 Å². The Morgan fingerprint density at radius 1 is 1.15 bits per heavy atom. The first kappa shape index (κ1) is 17.9. The third kappa shape index (κ3) is 5.05. The molecule has 8 nitrogen and oxygen atoms in total. The van der Waals surface area contributed by atoms with Crippen LogP contribution >= 0.6 is 0 Å². The minimum atomic E-state index is -0.253. The summed E-state index contributed by atoms with van der Waals surface area (Å²) in [6.45, 7) is 2.86. The van der Waals surface area contributed by atoms with Gasteiger partial charge in [-0.1, -0.05) is 0 Å². The predicted octanol–water partition coefficient (Wildman–Crippen LogP) is 0.857. The van der Waals surface area contributed by atoms with Gasteiger partial charge in [-0.3, -0.25) is 14.6 Å². The highest BCUT2D eigenvalue weighted by Crippen LogP contribution is 2.16. The third-order valence-electron chi connectivity index (χ3n) is 4.31. The summed E-state index contributed by atoms with van der Waals surface area (Å²) < 4.78 is 1.19. The maximum atomic E-state index is 12.2. The molecule has 0 atom stereocenters. The van der Waals surface area contributed by atoms with Crippen molar-refractivity contribution in [3.8, 4) is 0 Å². The molecule has 0 aliphatic carbocycles. The van der Waals surface area contributed by atoms with E-state index in [1.165, 1.54) is 11.1 Å². The predicted molar refractivity (Wildman–Crippen MR) is 100 cm³/mol. The molecule has 3 rings (SSSR count). The lowest BCUT2D eigenvalue weighted by molar-refractivity contribution is -0.121. The zero-order valence-electron chi connectivity index (χ0n) is 14.7. The fraction of sp³-hybridized carbons (Fsp3) is 0.444. The summed E-state index contributed by atoms with van der Waals surface area (Å²) in [6, 6.07) is 5.31. The standard InChI is InChI=1S/C18H24N6O2/c25-17(21-8-7-20-15-5-4-6-19-12-15)14-24-18(26)11-16(13-22-24)23-9-2-1-3-10-23/h4-6,11-13,20H,1-3,7-10,14H2,(H,21,25). The van der Waals surface area contributed by atoms with E-state index in [-0.39, 0.29) is 18.0 Å². The normalized spacial score (nSPS) is 14.1. The van der Waals surface area contributed by atoms with E-state index in [0.29, 0.717) is 13.1 Å². The van der Waals surface area contributed by atoms with Crippen molar-refractivity contribution in [2.45, 2.75) is 25.8 Å². The third-order valence-corrected chi connectivity index (χ3v) is 4.31. The number of nitrogens with zero attached hydrogens (tertiary/aromatic N) is 4. The maximum absolute atomic E-state index is 12.2. The molecule has 1 saturated heterocycles. The van der Waals surface area contributed by atoms with Gasteiger partial charge in [-0.05, 0) is 31.4 Å². The van der Waals surface area contributed by atoms with Gasteiger partial charge in [-0.25, -0.2) is 4.68 Å². The van der Waals surface area contributed by atoms with Crippen LogP contribution in [-0.2, 0) is 11.3 Å². The van der Waals surface area contributed by atoms with E-state index in [2.05, 4.69) is 25.6 Å². The van der Waals surface area contributed by atoms with Crippen LogP contribution in [-0.4, -0.2) is 46.9 Å². The van der Waals surface area contributed by atoms with E-state index < -0.39 is 0 Å². The number of anilines is 2. The van der Waals surface area contributed by atoms with Crippen LogP contribution in [0.3, 0.4) is 0 Å². The Labute approximate surface area is 152 Å². The largest absolute Gasteiger partial charge is 0.382 e. The molecule has 0 spiro atoms. The second-order valence-corrected chi connectivity index (χ2v) is 6.28. The Balaban J connectivity index is 1.45. The Bertz CT molecular complexity index is 771. The van der Waals surface area contributed by atoms with Crippen LogP contribution < -0.4 is 21.1 Å². The second-order valence-electron chi connectivity index (χ2n) is 6.28. The second kappa shape index (κ2) is 8.98. The van der Waals surface area contributed by atoms with Gasteiger partial charge in [0, 0.05) is 44.6 Å². The Morgan fingerprint density at radius 3 is 2.73 bits per heavy atom. The van der Waals surface area contributed by atoms with Crippen LogP contribution in [0.15, 0.2) is 41.6 Å². The lowest BCUT2D eigenvalue weighted by Gasteiger charge is -2.28. The van der Waals surface area contributed by atoms with Crippen molar-refractivity contribution in [3.05, 3.63) is 47.1 Å². The molecule has 26 heavy (non-hydrogen) atoms. The number of nitrogens with one attached hydrogen (secondary N) is 2. The highest BCUT2D eigenvalue weighted by Gasteiger charge is 2.13. The first-order valence-electron chi connectivity index (χ1n) is 8.95. The van der Waals surface area contributed by atoms with Gasteiger partial charge in [0.05, 0.1) is 17.6 Å². The van der Waals surface area contributed by atoms with Crippen LogP contribution in [0.5, 0.6) is 0 Å². The van der Waals surface area contributed by atoms with Gasteiger partial charge in [0.15, 0.2) is 0 Å². The Hall–Kier alpha value is -2.90. The lowest BCUT2D eigenvalue weighted by Crippen LogP contribution is -2.36. The van der Waals surface area contributed by atoms with Gasteiger partial charge < -0.3 is 15.5 Å². The molecule has 3 heterocycles. The molecule has 1 amide bonds. The average Bonchev–Trinajstić information content (AvgIpc) is 2.68. The molecule has 1 fully saturated rings. The highest BCUT2D eigenvalue weighted by molar-refractivity contribution is 5.75. The first-order chi connectivity index (χ1) is 12.7. The van der Waals surface area contributed by atoms with Crippen molar-refractivity contribution in [1.82, 2.24) is 20.1 Å². The number of carbonyl (C=O) groups is 1. The number of amides is 1. The summed E-state index contributed by atoms with van der Waals surface area (Å²) in [5, 5.41) is 10.1. The highest BCUT2D eigenvalue weighted by atomic mass is 16.2. The fourth-order valence-electron chi connectivity index (χ4n) is 2.94. The van der Waals surface area contributed by atoms with E-state index in [1.807, 2.05) is 12.1 Å². The molecular formula is C18H24N6O2. The summed E-state index contributed by atoms with van der Waals surface area (Å²) >= 11 is 0. The number of pyridine rings is 1. The molecule has 0 aromatic carbocycles. The van der Waals surface area contributed by atoms with Crippen LogP contribution in [0.1, 0.15) is 19.3 Å². The quantitative estimate of drug-likeness (QED) is 0.715. The molecule has 0 saturated carbocycles. The average molecular weight is 356 g/mol. The number of piperidine rings is 1. The van der Waals surface area contributed by atoms with E-state index in [0.717, 1.165) is 37.3 Å². The Kier molecular flexibility index (Phi) is 6.19. The zero-order valence-corrected chi connectivity index (χ0v) is 14.7. The molecule has 0 unspecified atom stereocenters. The number of carbonyl (C=O) groups excluding carboxylic acids is 1. The molecule has 8 heteroatoms. The van der Waals surface area contributed by atoms with Gasteiger partial charge >= 0.3 is 0 Å². The topological polar surface area (TPSA) is 92.2 Å². The smallest absolute Gasteiger partial charge is 0.269 e. The lowest BCUT2D eigenvalue weighted by atomic mass is 10.1. The first-order valence-corrected chi connectivity index (χ1v) is 8.95. The minimum Gasteiger partial charge on any atom is -0.382 e. The molecule has 1 aliphatic heterocycles. The summed E-state index contributed by atoms with van der Waals surface area (Å²) in [7, 11) is 0. The van der Waals surface area contributed by atoms with E-state index in [1.54, 1.807) is 24.7 Å². The van der Waals surface area contributed by atoms with Crippen LogP contribution in [0.2, 0.25) is 0 Å². The maximum Gasteiger partial charge on any atom is 0.269 e. The van der Waals surface area contributed by atoms with Crippen LogP contribution in [0, 0.1) is 0 Å². The monoisotopic (exact) mass is 356 g/mol. The van der Waals surface area contributed by atoms with Crippen molar-refractivity contribution < 1.29 is 4.79 Å². The fourth-order valence-corrected chi connectivity index (χ4v) is 2.94. The van der Waals surface area contributed by atoms with E-state index in [4.69, 9.17) is 0 Å². The molecule has 1 aliphatic rings. The molecule has 2 aromatic heterocycles. The minimum absolute atomic E-state index is 0.0774. The molecule has 0 bridgehead atoms. The van der Waals surface area contributed by atoms with Gasteiger partial charge in [0.1, 0.15) is 6.54 Å². The van der Waals surface area contributed by atoms with Gasteiger partial charge in [0.2, 0.25) is 5.91 Å². The summed E-state index contributed by atoms with van der Waals surface area (Å²) in [6.07, 6.45) is 8.60. The summed E-state index contributed by atoms with van der Waals surface area (Å²) in [5.41, 5.74) is 1.48. The summed E-state index contributed by atoms with van der Waals surface area (Å²) in [5.74, 6) is -0.238. The van der Waals surface area contributed by atoms with Crippen molar-refractivity contribution in [2.24, 2.45) is 0 Å². The summed E-state index contributed by atoms with van der Waals surface area (Å²) in [4.78, 5) is 30.4. The van der Waals surface area contributed by atoms with Crippen molar-refractivity contribution in [2.75, 3.05) is 36.4 Å². The molecular weight excluding hydrogens is 332 g/mol. The zero-order chi connectivity index (χ0) is 18.2. The molecule has 138 valence electrons. The van der Waals surface area contributed by atoms with Crippen LogP contribution in [0.25, 0.3) is 0 Å². The van der Waals surface area contributed by atoms with Crippen molar-refractivity contribution in [3.63, 3.8) is 0 Å². The number of rotatable bonds is 7. The number of hydrogen-bond acceptors (Lipinski definition) is 6. The van der Waals surface area contributed by atoms with Crippen molar-refractivity contribution >= 4 is 17.3 Å². The van der Waals surface area contributed by atoms with Gasteiger partial charge in [0.25, 0.3) is 5.56 Å². The molecule has 2 aromatic rings. The van der Waals surface area contributed by atoms with Gasteiger partial charge in [-0.15, -0.1) is 0 Å². The van der Waals surface area contributed by atoms with Gasteiger partial charge in [-0.2, -0.15) is 5.10 Å². The number of aromatic nitrogens is 3. The molecule has 0 radical (unpaired) electrons.